The molecule has 0 saturated carbocycles. The lowest BCUT2D eigenvalue weighted by atomic mass is 10.0. The number of pyridine rings is 2. The molecule has 0 fully saturated rings. The van der Waals surface area contributed by atoms with E-state index in [-0.39, 0.29) is 11.6 Å². The van der Waals surface area contributed by atoms with E-state index in [0.717, 1.165) is 22.3 Å². The molecule has 11 heteroatoms. The molecular formula is C26H22N8O3. The van der Waals surface area contributed by atoms with Crippen LogP contribution in [0.2, 0.25) is 0 Å². The van der Waals surface area contributed by atoms with Crippen molar-refractivity contribution in [3.63, 3.8) is 0 Å². The van der Waals surface area contributed by atoms with E-state index in [1.54, 1.807) is 24.5 Å². The highest BCUT2D eigenvalue weighted by atomic mass is 16.6. The molecule has 2 aromatic heterocycles. The molecule has 37 heavy (non-hydrogen) atoms. The number of carbonyl (C=O) groups excluding carboxylic acids is 2. The molecule has 2 amide bonds. The molecule has 2 heterocycles. The molecule has 0 aliphatic carbocycles. The maximum atomic E-state index is 9.51. The van der Waals surface area contributed by atoms with Gasteiger partial charge in [-0.2, -0.15) is 10.5 Å². The zero-order chi connectivity index (χ0) is 27.2. The minimum absolute atomic E-state index is 0.277. The summed E-state index contributed by atoms with van der Waals surface area (Å²) in [7, 11) is 0. The molecular weight excluding hydrogens is 472 g/mol. The normalized spacial score (nSPS) is 9.14. The number of hydrogen-bond acceptors (Lipinski definition) is 9. The number of aromatic nitrogens is 2. The van der Waals surface area contributed by atoms with Gasteiger partial charge in [-0.1, -0.05) is 60.7 Å². The Balaban J connectivity index is 0.000000210. The molecule has 11 nitrogen and oxygen atoms in total. The SMILES string of the molecule is N#Cc1c(-c2ccccc2)ccnc1N.N#Cc1c(-c2ccccc2)ccnc1N.NC(=O)OC(N)=O. The van der Waals surface area contributed by atoms with Crippen LogP contribution in [0.25, 0.3) is 22.3 Å². The molecule has 2 aromatic carbocycles. The second-order valence-corrected chi connectivity index (χ2v) is 6.93. The summed E-state index contributed by atoms with van der Waals surface area (Å²) in [6.45, 7) is 0. The molecule has 0 unspecified atom stereocenters. The second kappa shape index (κ2) is 13.7. The molecule has 0 radical (unpaired) electrons. The zero-order valence-corrected chi connectivity index (χ0v) is 19.4. The van der Waals surface area contributed by atoms with Gasteiger partial charge >= 0.3 is 12.2 Å². The Morgan fingerprint density at radius 1 is 0.649 bits per heavy atom. The van der Waals surface area contributed by atoms with E-state index in [9.17, 15) is 9.59 Å². The Morgan fingerprint density at radius 2 is 1.00 bits per heavy atom. The fraction of sp³-hybridized carbons (Fsp3) is 0. The van der Waals surface area contributed by atoms with E-state index in [1.165, 1.54) is 0 Å². The molecule has 0 saturated heterocycles. The number of rotatable bonds is 2. The average molecular weight is 495 g/mol. The standard InChI is InChI=1S/2C12H9N3.C2H4N2O3/c2*13-8-11-10(6-7-15-12(11)14)9-4-2-1-3-5-9;3-1(5)7-2(4)6/h2*1-7H,(H2,14,15);(H2,3,5)(H2,4,6). The number of hydrogen-bond donors (Lipinski definition) is 4. The van der Waals surface area contributed by atoms with Crippen molar-refractivity contribution in [3.8, 4) is 34.4 Å². The van der Waals surface area contributed by atoms with Crippen LogP contribution in [0.1, 0.15) is 11.1 Å². The number of amides is 2. The average Bonchev–Trinajstić information content (AvgIpc) is 2.89. The second-order valence-electron chi connectivity index (χ2n) is 6.93. The van der Waals surface area contributed by atoms with Gasteiger partial charge < -0.3 is 27.7 Å². The molecule has 0 aliphatic heterocycles. The minimum atomic E-state index is -1.19. The number of nitrogens with zero attached hydrogens (tertiary/aromatic N) is 4. The Bertz CT molecular complexity index is 1340. The summed E-state index contributed by atoms with van der Waals surface area (Å²) in [5, 5.41) is 18.0. The lowest BCUT2D eigenvalue weighted by molar-refractivity contribution is 0.164. The van der Waals surface area contributed by atoms with Gasteiger partial charge in [0.1, 0.15) is 34.9 Å². The van der Waals surface area contributed by atoms with E-state index >= 15 is 0 Å². The first-order valence-electron chi connectivity index (χ1n) is 10.4. The number of anilines is 2. The predicted molar refractivity (Wildman–Crippen MR) is 138 cm³/mol. The van der Waals surface area contributed by atoms with Gasteiger partial charge in [-0.15, -0.1) is 0 Å². The molecule has 4 aromatic rings. The van der Waals surface area contributed by atoms with Gasteiger partial charge in [-0.3, -0.25) is 0 Å². The summed E-state index contributed by atoms with van der Waals surface area (Å²) in [5.41, 5.74) is 24.4. The third-order valence-electron chi connectivity index (χ3n) is 4.55. The lowest BCUT2D eigenvalue weighted by Gasteiger charge is -2.04. The number of primary amides is 2. The van der Waals surface area contributed by atoms with Crippen molar-refractivity contribution in [3.05, 3.63) is 96.3 Å². The van der Waals surface area contributed by atoms with Crippen LogP contribution in [0.3, 0.4) is 0 Å². The van der Waals surface area contributed by atoms with Crippen molar-refractivity contribution in [2.24, 2.45) is 11.5 Å². The Hall–Kier alpha value is -5.94. The maximum absolute atomic E-state index is 9.51. The highest BCUT2D eigenvalue weighted by Gasteiger charge is 2.08. The van der Waals surface area contributed by atoms with Crippen LogP contribution in [0.15, 0.2) is 85.2 Å². The van der Waals surface area contributed by atoms with E-state index < -0.39 is 12.2 Å². The van der Waals surface area contributed by atoms with Gasteiger partial charge in [0.2, 0.25) is 0 Å². The summed E-state index contributed by atoms with van der Waals surface area (Å²) >= 11 is 0. The van der Waals surface area contributed by atoms with Gasteiger partial charge in [-0.25, -0.2) is 19.6 Å². The summed E-state index contributed by atoms with van der Waals surface area (Å²) in [5.74, 6) is 0.553. The largest absolute Gasteiger partial charge is 0.413 e. The number of nitrogen functional groups attached to an aromatic ring is 2. The lowest BCUT2D eigenvalue weighted by Crippen LogP contribution is -2.22. The highest BCUT2D eigenvalue weighted by molar-refractivity contribution is 5.81. The monoisotopic (exact) mass is 494 g/mol. The number of nitriles is 2. The van der Waals surface area contributed by atoms with Crippen LogP contribution in [0.5, 0.6) is 0 Å². The molecule has 0 spiro atoms. The van der Waals surface area contributed by atoms with Crippen molar-refractivity contribution < 1.29 is 14.3 Å². The molecule has 0 bridgehead atoms. The molecule has 0 atom stereocenters. The van der Waals surface area contributed by atoms with E-state index in [1.807, 2.05) is 60.7 Å². The number of nitrogens with two attached hydrogens (primary N) is 4. The quantitative estimate of drug-likeness (QED) is 0.298. The van der Waals surface area contributed by atoms with Crippen molar-refractivity contribution in [1.29, 1.82) is 10.5 Å². The number of carbonyl (C=O) groups is 2. The van der Waals surface area contributed by atoms with Gasteiger partial charge in [0.15, 0.2) is 0 Å². The summed E-state index contributed by atoms with van der Waals surface area (Å²) in [6.07, 6.45) is 0.844. The third kappa shape index (κ3) is 8.10. The Kier molecular flexibility index (Phi) is 10.1. The van der Waals surface area contributed by atoms with Gasteiger partial charge in [0.25, 0.3) is 0 Å². The first-order chi connectivity index (χ1) is 17.8. The fourth-order valence-electron chi connectivity index (χ4n) is 3.01. The van der Waals surface area contributed by atoms with Crippen molar-refractivity contribution in [2.75, 3.05) is 11.5 Å². The summed E-state index contributed by atoms with van der Waals surface area (Å²) in [6, 6.07) is 27.1. The van der Waals surface area contributed by atoms with Crippen LogP contribution >= 0.6 is 0 Å². The zero-order valence-electron chi connectivity index (χ0n) is 19.4. The van der Waals surface area contributed by atoms with Crippen LogP contribution in [-0.2, 0) is 4.74 Å². The smallest absolute Gasteiger partial charge is 0.383 e. The van der Waals surface area contributed by atoms with Crippen LogP contribution in [0, 0.1) is 22.7 Å². The molecule has 184 valence electrons. The molecule has 4 rings (SSSR count). The third-order valence-corrected chi connectivity index (χ3v) is 4.55. The fourth-order valence-corrected chi connectivity index (χ4v) is 3.01. The topological polar surface area (TPSA) is 221 Å². The first kappa shape index (κ1) is 27.3. The highest BCUT2D eigenvalue weighted by Crippen LogP contribution is 2.26. The maximum Gasteiger partial charge on any atom is 0.413 e. The van der Waals surface area contributed by atoms with E-state index in [4.69, 9.17) is 22.0 Å². The Labute approximate surface area is 212 Å². The van der Waals surface area contributed by atoms with Crippen molar-refractivity contribution in [1.82, 2.24) is 9.97 Å². The predicted octanol–water partition coefficient (Wildman–Crippen LogP) is 3.57. The minimum Gasteiger partial charge on any atom is -0.383 e. The Morgan fingerprint density at radius 3 is 1.27 bits per heavy atom. The summed E-state index contributed by atoms with van der Waals surface area (Å²) in [4.78, 5) is 26.8. The molecule has 8 N–H and O–H groups in total. The van der Waals surface area contributed by atoms with Gasteiger partial charge in [0.05, 0.1) is 0 Å². The van der Waals surface area contributed by atoms with Crippen molar-refractivity contribution in [2.45, 2.75) is 0 Å². The number of benzene rings is 2. The van der Waals surface area contributed by atoms with E-state index in [0.29, 0.717) is 11.1 Å². The van der Waals surface area contributed by atoms with Crippen molar-refractivity contribution >= 4 is 23.8 Å². The first-order valence-corrected chi connectivity index (χ1v) is 10.4. The van der Waals surface area contributed by atoms with Gasteiger partial charge in [-0.05, 0) is 23.3 Å². The number of ether oxygens (including phenoxy) is 1. The van der Waals surface area contributed by atoms with Gasteiger partial charge in [0, 0.05) is 23.5 Å². The summed E-state index contributed by atoms with van der Waals surface area (Å²) < 4.78 is 3.53. The van der Waals surface area contributed by atoms with Crippen LogP contribution in [-0.4, -0.2) is 22.2 Å². The molecule has 0 aliphatic rings. The van der Waals surface area contributed by atoms with Crippen LogP contribution in [0.4, 0.5) is 21.2 Å². The van der Waals surface area contributed by atoms with E-state index in [2.05, 4.69) is 38.3 Å². The van der Waals surface area contributed by atoms with Crippen LogP contribution < -0.4 is 22.9 Å².